The van der Waals surface area contributed by atoms with E-state index in [9.17, 15) is 4.79 Å². The molecule has 0 aromatic heterocycles. The smallest absolute Gasteiger partial charge is 0.260 e. The average Bonchev–Trinajstić information content (AvgIpc) is 2.94. The van der Waals surface area contributed by atoms with Crippen LogP contribution in [0, 0.1) is 0 Å². The Morgan fingerprint density at radius 1 is 1.45 bits per heavy atom. The number of rotatable bonds is 6. The van der Waals surface area contributed by atoms with E-state index in [-0.39, 0.29) is 24.9 Å². The van der Waals surface area contributed by atoms with Gasteiger partial charge in [-0.2, -0.15) is 0 Å². The molecule has 1 aromatic carbocycles. The molecule has 1 atom stereocenters. The molecule has 0 saturated carbocycles. The molecule has 124 valence electrons. The summed E-state index contributed by atoms with van der Waals surface area (Å²) < 4.78 is 5.69. The molecule has 1 heterocycles. The predicted octanol–water partition coefficient (Wildman–Crippen LogP) is 2.82. The molecule has 0 radical (unpaired) electrons. The second-order valence-corrected chi connectivity index (χ2v) is 5.96. The molecule has 1 saturated heterocycles. The summed E-state index contributed by atoms with van der Waals surface area (Å²) in [5.41, 5.74) is 1.23. The normalized spacial score (nSPS) is 17.5. The van der Waals surface area contributed by atoms with Crippen LogP contribution in [0.4, 0.5) is 0 Å². The maximum absolute atomic E-state index is 12.3. The fourth-order valence-electron chi connectivity index (χ4n) is 2.80. The van der Waals surface area contributed by atoms with Gasteiger partial charge in [0.05, 0.1) is 0 Å². The van der Waals surface area contributed by atoms with Gasteiger partial charge in [0.1, 0.15) is 5.75 Å². The van der Waals surface area contributed by atoms with Crippen molar-refractivity contribution < 1.29 is 9.53 Å². The van der Waals surface area contributed by atoms with Crippen LogP contribution in [0.5, 0.6) is 5.75 Å². The SMILES string of the molecule is CNCC1CCCN1C(=O)COc1cccc(C(C)C)c1.Cl. The fraction of sp³-hybridized carbons (Fsp3) is 0.588. The van der Waals surface area contributed by atoms with Gasteiger partial charge in [0.25, 0.3) is 5.91 Å². The molecule has 22 heavy (non-hydrogen) atoms. The summed E-state index contributed by atoms with van der Waals surface area (Å²) in [6, 6.07) is 8.31. The highest BCUT2D eigenvalue weighted by Crippen LogP contribution is 2.21. The van der Waals surface area contributed by atoms with Crippen LogP contribution in [0.15, 0.2) is 24.3 Å². The summed E-state index contributed by atoms with van der Waals surface area (Å²) in [6.07, 6.45) is 2.16. The molecule has 1 aliphatic heterocycles. The number of carbonyl (C=O) groups is 1. The van der Waals surface area contributed by atoms with E-state index in [2.05, 4.69) is 25.2 Å². The topological polar surface area (TPSA) is 41.6 Å². The van der Waals surface area contributed by atoms with Crippen molar-refractivity contribution in [2.45, 2.75) is 38.6 Å². The number of nitrogens with one attached hydrogen (secondary N) is 1. The third kappa shape index (κ3) is 4.89. The van der Waals surface area contributed by atoms with Crippen molar-refractivity contribution in [3.05, 3.63) is 29.8 Å². The summed E-state index contributed by atoms with van der Waals surface area (Å²) in [5, 5.41) is 3.15. The van der Waals surface area contributed by atoms with Crippen LogP contribution in [0.3, 0.4) is 0 Å². The quantitative estimate of drug-likeness (QED) is 0.874. The van der Waals surface area contributed by atoms with Crippen LogP contribution >= 0.6 is 12.4 Å². The predicted molar refractivity (Wildman–Crippen MR) is 91.9 cm³/mol. The van der Waals surface area contributed by atoms with Gasteiger partial charge in [0.15, 0.2) is 6.61 Å². The summed E-state index contributed by atoms with van der Waals surface area (Å²) >= 11 is 0. The number of likely N-dealkylation sites (tertiary alicyclic amines) is 1. The molecule has 1 aliphatic rings. The number of benzene rings is 1. The van der Waals surface area contributed by atoms with Gasteiger partial charge in [-0.3, -0.25) is 4.79 Å². The highest BCUT2D eigenvalue weighted by molar-refractivity contribution is 5.85. The lowest BCUT2D eigenvalue weighted by atomic mass is 10.0. The molecule has 1 unspecified atom stereocenters. The van der Waals surface area contributed by atoms with Crippen molar-refractivity contribution in [1.82, 2.24) is 10.2 Å². The summed E-state index contributed by atoms with van der Waals surface area (Å²) in [6.45, 7) is 6.13. The molecule has 2 rings (SSSR count). The van der Waals surface area contributed by atoms with Crippen LogP contribution in [0.25, 0.3) is 0 Å². The van der Waals surface area contributed by atoms with Gasteiger partial charge in [-0.05, 0) is 43.5 Å². The monoisotopic (exact) mass is 326 g/mol. The second kappa shape index (κ2) is 9.01. The Hall–Kier alpha value is -1.26. The van der Waals surface area contributed by atoms with E-state index in [0.29, 0.717) is 12.0 Å². The van der Waals surface area contributed by atoms with Crippen LogP contribution in [0.1, 0.15) is 38.2 Å². The molecule has 1 amide bonds. The number of ether oxygens (including phenoxy) is 1. The number of carbonyl (C=O) groups excluding carboxylic acids is 1. The Labute approximate surface area is 139 Å². The van der Waals surface area contributed by atoms with E-state index >= 15 is 0 Å². The molecule has 0 aliphatic carbocycles. The van der Waals surface area contributed by atoms with Crippen molar-refractivity contribution >= 4 is 18.3 Å². The van der Waals surface area contributed by atoms with E-state index in [4.69, 9.17) is 4.74 Å². The minimum absolute atomic E-state index is 0. The van der Waals surface area contributed by atoms with E-state index in [1.807, 2.05) is 30.1 Å². The van der Waals surface area contributed by atoms with Gasteiger partial charge < -0.3 is 15.0 Å². The molecule has 4 nitrogen and oxygen atoms in total. The number of amides is 1. The first kappa shape index (κ1) is 18.8. The van der Waals surface area contributed by atoms with Crippen LogP contribution in [0.2, 0.25) is 0 Å². The van der Waals surface area contributed by atoms with E-state index in [1.54, 1.807) is 0 Å². The molecule has 1 aromatic rings. The third-order valence-corrected chi connectivity index (χ3v) is 4.02. The standard InChI is InChI=1S/C17H26N2O2.ClH/c1-13(2)14-6-4-8-16(10-14)21-12-17(20)19-9-5-7-15(19)11-18-3;/h4,6,8,10,13,15,18H,5,7,9,11-12H2,1-3H3;1H. The fourth-order valence-corrected chi connectivity index (χ4v) is 2.80. The number of hydrogen-bond acceptors (Lipinski definition) is 3. The molecule has 1 N–H and O–H groups in total. The van der Waals surface area contributed by atoms with Crippen molar-refractivity contribution in [3.63, 3.8) is 0 Å². The second-order valence-electron chi connectivity index (χ2n) is 5.96. The molecule has 5 heteroatoms. The molecular formula is C17H27ClN2O2. The summed E-state index contributed by atoms with van der Waals surface area (Å²) in [7, 11) is 1.93. The van der Waals surface area contributed by atoms with Crippen molar-refractivity contribution in [2.24, 2.45) is 0 Å². The van der Waals surface area contributed by atoms with Crippen LogP contribution in [-0.2, 0) is 4.79 Å². The van der Waals surface area contributed by atoms with Crippen molar-refractivity contribution in [1.29, 1.82) is 0 Å². The van der Waals surface area contributed by atoms with Gasteiger partial charge >= 0.3 is 0 Å². The Kier molecular flexibility index (Phi) is 7.69. The Bertz CT molecular complexity index is 479. The molecular weight excluding hydrogens is 300 g/mol. The van der Waals surface area contributed by atoms with Crippen molar-refractivity contribution in [2.75, 3.05) is 26.7 Å². The van der Waals surface area contributed by atoms with Gasteiger partial charge in [0.2, 0.25) is 0 Å². The zero-order chi connectivity index (χ0) is 15.2. The maximum Gasteiger partial charge on any atom is 0.260 e. The zero-order valence-corrected chi connectivity index (χ0v) is 14.5. The highest BCUT2D eigenvalue weighted by atomic mass is 35.5. The van der Waals surface area contributed by atoms with Gasteiger partial charge in [-0.1, -0.05) is 26.0 Å². The molecule has 1 fully saturated rings. The van der Waals surface area contributed by atoms with E-state index in [1.165, 1.54) is 5.56 Å². The summed E-state index contributed by atoms with van der Waals surface area (Å²) in [5.74, 6) is 1.32. The zero-order valence-electron chi connectivity index (χ0n) is 13.7. The maximum atomic E-state index is 12.3. The van der Waals surface area contributed by atoms with E-state index in [0.717, 1.165) is 31.7 Å². The number of hydrogen-bond donors (Lipinski definition) is 1. The van der Waals surface area contributed by atoms with E-state index < -0.39 is 0 Å². The lowest BCUT2D eigenvalue weighted by molar-refractivity contribution is -0.134. The first-order chi connectivity index (χ1) is 10.1. The summed E-state index contributed by atoms with van der Waals surface area (Å²) in [4.78, 5) is 14.2. The van der Waals surface area contributed by atoms with Gasteiger partial charge in [-0.15, -0.1) is 12.4 Å². The minimum Gasteiger partial charge on any atom is -0.484 e. The van der Waals surface area contributed by atoms with Crippen molar-refractivity contribution in [3.8, 4) is 5.75 Å². The van der Waals surface area contributed by atoms with Crippen LogP contribution < -0.4 is 10.1 Å². The number of likely N-dealkylation sites (N-methyl/N-ethyl adjacent to an activating group) is 1. The number of nitrogens with zero attached hydrogens (tertiary/aromatic N) is 1. The third-order valence-electron chi connectivity index (χ3n) is 4.02. The first-order valence-electron chi connectivity index (χ1n) is 7.78. The Morgan fingerprint density at radius 3 is 2.91 bits per heavy atom. The Balaban J connectivity index is 0.00000242. The van der Waals surface area contributed by atoms with Gasteiger partial charge in [-0.25, -0.2) is 0 Å². The lowest BCUT2D eigenvalue weighted by Crippen LogP contribution is -2.43. The molecule has 0 bridgehead atoms. The van der Waals surface area contributed by atoms with Gasteiger partial charge in [0, 0.05) is 19.1 Å². The molecule has 0 spiro atoms. The van der Waals surface area contributed by atoms with Crippen LogP contribution in [-0.4, -0.2) is 43.6 Å². The largest absolute Gasteiger partial charge is 0.484 e. The highest BCUT2D eigenvalue weighted by Gasteiger charge is 2.28. The Morgan fingerprint density at radius 2 is 2.23 bits per heavy atom. The average molecular weight is 327 g/mol. The lowest BCUT2D eigenvalue weighted by Gasteiger charge is -2.24. The minimum atomic E-state index is 0. The first-order valence-corrected chi connectivity index (χ1v) is 7.78. The number of halogens is 1.